The predicted molar refractivity (Wildman–Crippen MR) is 565 cm³/mol. The van der Waals surface area contributed by atoms with Crippen molar-refractivity contribution < 1.29 is 13.7 Å². The van der Waals surface area contributed by atoms with E-state index in [0.29, 0.717) is 0 Å². The molecule has 17 heteroatoms. The van der Waals surface area contributed by atoms with Crippen LogP contribution in [0.25, 0.3) is 137 Å². The van der Waals surface area contributed by atoms with E-state index in [9.17, 15) is 0 Å². The molecule has 0 N–H and O–H groups in total. The Bertz CT molecular complexity index is 8650. The molecule has 0 spiro atoms. The van der Waals surface area contributed by atoms with E-state index in [-0.39, 0.29) is 0 Å². The maximum absolute atomic E-state index is 15.5. The van der Waals surface area contributed by atoms with E-state index in [1.165, 1.54) is 25.4 Å². The van der Waals surface area contributed by atoms with Gasteiger partial charge in [-0.05, 0) is 151 Å². The average molecular weight is 1830 g/mol. The van der Waals surface area contributed by atoms with Crippen LogP contribution >= 0.6 is 32.8 Å². The van der Waals surface area contributed by atoms with Gasteiger partial charge in [-0.1, -0.05) is 348 Å². The molecule has 0 aliphatic carbocycles. The third kappa shape index (κ3) is 13.4. The summed E-state index contributed by atoms with van der Waals surface area (Å²) in [4.78, 5) is 29.4. The number of thiazole rings is 1. The molecule has 3 aliphatic heterocycles. The molecule has 3 atom stereocenters. The molecule has 9 heterocycles. The van der Waals surface area contributed by atoms with Gasteiger partial charge in [0.1, 0.15) is 22.5 Å². The molecule has 0 radical (unpaired) electrons. The number of rotatable bonds is 15. The van der Waals surface area contributed by atoms with Crippen LogP contribution in [0.4, 0.5) is 0 Å². The van der Waals surface area contributed by atoms with Gasteiger partial charge in [-0.2, -0.15) is 0 Å². The molecule has 0 saturated carbocycles. The summed E-state index contributed by atoms with van der Waals surface area (Å²) in [6.45, 7) is 6.39. The molecule has 0 fully saturated rings. The van der Waals surface area contributed by atoms with Crippen molar-refractivity contribution in [1.82, 2.24) is 43.6 Å². The molecule has 12 nitrogen and oxygen atoms in total. The van der Waals surface area contributed by atoms with Gasteiger partial charge in [0, 0.05) is 95.1 Å². The largest absolute Gasteiger partial charge is 0.308 e. The first-order valence-electron chi connectivity index (χ1n) is 45.9. The summed E-state index contributed by atoms with van der Waals surface area (Å²) >= 11 is 1.71. The minimum atomic E-state index is -3.16. The van der Waals surface area contributed by atoms with Gasteiger partial charge in [0.05, 0.1) is 77.1 Å². The number of hydrogen-bond acceptors (Lipinski definition) is 10. The summed E-state index contributed by atoms with van der Waals surface area (Å²) in [5.41, 5.74) is 20.8. The van der Waals surface area contributed by atoms with Crippen molar-refractivity contribution in [1.29, 1.82) is 0 Å². The molecule has 3 aliphatic rings. The van der Waals surface area contributed by atoms with Crippen LogP contribution in [0, 0.1) is 0 Å². The number of pyridine rings is 2. The van der Waals surface area contributed by atoms with Crippen molar-refractivity contribution >= 4 is 174 Å². The van der Waals surface area contributed by atoms with E-state index in [1.54, 1.807) is 11.3 Å². The van der Waals surface area contributed by atoms with Crippen LogP contribution < -0.4 is 68.5 Å². The smallest absolute Gasteiger partial charge is 0.179 e. The van der Waals surface area contributed by atoms with Crippen LogP contribution in [0.3, 0.4) is 0 Å². The van der Waals surface area contributed by atoms with Crippen molar-refractivity contribution in [3.8, 4) is 72.3 Å². The highest BCUT2D eigenvalue weighted by Crippen LogP contribution is 2.54. The van der Waals surface area contributed by atoms with Crippen LogP contribution in [-0.2, 0) is 33.0 Å². The van der Waals surface area contributed by atoms with Crippen molar-refractivity contribution in [2.24, 2.45) is 0 Å². The molecule has 3 unspecified atom stereocenters. The van der Waals surface area contributed by atoms with Crippen LogP contribution in [0.5, 0.6) is 0 Å². The number of benzene rings is 17. The summed E-state index contributed by atoms with van der Waals surface area (Å²) in [6.07, 6.45) is 4.14. The molecule has 6 aromatic heterocycles. The first kappa shape index (κ1) is 82.9. The number of para-hydroxylation sites is 4. The minimum Gasteiger partial charge on any atom is -0.308 e. The molecule has 17 aromatic carbocycles. The Labute approximate surface area is 786 Å². The quantitative estimate of drug-likeness (QED) is 0.0424. The second kappa shape index (κ2) is 33.5. The van der Waals surface area contributed by atoms with Gasteiger partial charge in [0.25, 0.3) is 0 Å². The number of aryl methyl sites for hydroxylation is 3. The molecule has 0 saturated heterocycles. The Morgan fingerprint density at radius 2 is 0.600 bits per heavy atom. The maximum Gasteiger partial charge on any atom is 0.179 e. The highest BCUT2D eigenvalue weighted by atomic mass is 32.1. The zero-order valence-electron chi connectivity index (χ0n) is 74.1. The second-order valence-corrected chi connectivity index (χ2v) is 47.4. The number of nitrogens with zero attached hydrogens (tertiary/aromatic N) is 9. The zero-order valence-corrected chi connectivity index (χ0v) is 78.6. The summed E-state index contributed by atoms with van der Waals surface area (Å²) in [5.74, 6) is 2.92. The normalized spacial score (nSPS) is 15.5. The molecule has 0 bridgehead atoms. The number of imidazole rings is 3. The third-order valence-electron chi connectivity index (χ3n) is 27.1. The Kier molecular flexibility index (Phi) is 20.6. The minimum absolute atomic E-state index is 0.770. The molecule has 135 heavy (non-hydrogen) atoms. The topological polar surface area (TPSA) is 143 Å². The van der Waals surface area contributed by atoms with Crippen LogP contribution in [-0.4, -0.2) is 51.7 Å². The van der Waals surface area contributed by atoms with E-state index in [2.05, 4.69) is 306 Å². The number of aromatic nitrogens is 9. The van der Waals surface area contributed by atoms with Gasteiger partial charge in [-0.15, -0.1) is 11.3 Å². The van der Waals surface area contributed by atoms with E-state index < -0.39 is 29.5 Å². The summed E-state index contributed by atoms with van der Waals surface area (Å²) in [7, 11) is -12.0. The van der Waals surface area contributed by atoms with E-state index in [4.69, 9.17) is 24.9 Å². The Balaban J connectivity index is 0.000000112. The lowest BCUT2D eigenvalue weighted by molar-refractivity contribution is 0.591. The molecule has 26 rings (SSSR count). The van der Waals surface area contributed by atoms with Crippen LogP contribution in [0.15, 0.2) is 431 Å². The maximum atomic E-state index is 15.5. The first-order chi connectivity index (χ1) is 66.4. The first-order valence-corrected chi connectivity index (χ1v) is 53.8. The third-order valence-corrected chi connectivity index (χ3v) is 42.4. The van der Waals surface area contributed by atoms with Gasteiger partial charge in [-0.3, -0.25) is 18.7 Å². The van der Waals surface area contributed by atoms with Crippen LogP contribution in [0.1, 0.15) is 38.2 Å². The van der Waals surface area contributed by atoms with Gasteiger partial charge in [-0.25, -0.2) is 24.9 Å². The fourth-order valence-electron chi connectivity index (χ4n) is 20.8. The van der Waals surface area contributed by atoms with Crippen molar-refractivity contribution in [2.75, 3.05) is 0 Å². The highest BCUT2D eigenvalue weighted by Gasteiger charge is 2.45. The van der Waals surface area contributed by atoms with Crippen molar-refractivity contribution in [2.45, 2.75) is 40.0 Å². The lowest BCUT2D eigenvalue weighted by Crippen LogP contribution is -2.74. The average Bonchev–Trinajstić information content (AvgIpc) is 1.63. The van der Waals surface area contributed by atoms with E-state index in [1.807, 2.05) is 164 Å². The Morgan fingerprint density at radius 1 is 0.267 bits per heavy atom. The molecule has 646 valence electrons. The molecular formula is C118H86N9O3P3SSi. The lowest BCUT2D eigenvalue weighted by atomic mass is 10.0. The van der Waals surface area contributed by atoms with E-state index in [0.717, 1.165) is 217 Å². The highest BCUT2D eigenvalue weighted by molar-refractivity contribution is 7.87. The van der Waals surface area contributed by atoms with E-state index >= 15 is 13.7 Å². The summed E-state index contributed by atoms with van der Waals surface area (Å²) < 4.78 is 54.0. The number of fused-ring (bicyclic) bond motifs is 10. The van der Waals surface area contributed by atoms with Gasteiger partial charge < -0.3 is 13.7 Å². The van der Waals surface area contributed by atoms with Gasteiger partial charge >= 0.3 is 0 Å². The number of hydrogen-bond donors (Lipinski definition) is 0. The van der Waals surface area contributed by atoms with Gasteiger partial charge in [0.2, 0.25) is 0 Å². The predicted octanol–water partition coefficient (Wildman–Crippen LogP) is 22.0. The zero-order chi connectivity index (χ0) is 90.7. The van der Waals surface area contributed by atoms with Crippen LogP contribution in [0.2, 0.25) is 0 Å². The summed E-state index contributed by atoms with van der Waals surface area (Å²) in [5, 5.41) is 16.3. The standard InChI is InChI=1S/C45H35N2OPSi.C39H27N4OP.C34H24N3OPS/c1-2-44-46-40-24-15-25-43-45(40)47(44)41-32-34(28-31-42(41)49(43,48)35-16-7-3-8-17-35)33-26-29-39(30-27-33)50(36-18-9-4-10-19-36,37-20-11-5-12-21-37)38-22-13-6-14-23-38;1-2-36-41-32-11-6-12-35-39(32)43(36)33-24-29(20-22-34(33)45(35,44)30-9-4-3-5-10-30)25-13-15-26(16-14-25)31-21-19-28-18-17-27-8-7-23-40-37(27)38(28)42-31;1-2-32-35-27-12-8-13-30-33(27)37(32)28-21-24(19-20-29(28)39(30,38)25-9-4-3-5-10-25)22-15-17-23(18-16-22)34-36-26-11-6-7-14-31(26)40-34/h3-32H,2H2,1H3;3-24H,2H2,1H3;3-21H,2H2,1H3. The monoisotopic (exact) mass is 1830 g/mol. The fourth-order valence-corrected chi connectivity index (χ4v) is 35.5. The summed E-state index contributed by atoms with van der Waals surface area (Å²) in [6, 6.07) is 147. The van der Waals surface area contributed by atoms with Crippen molar-refractivity contribution in [3.05, 3.63) is 448 Å². The van der Waals surface area contributed by atoms with Gasteiger partial charge in [0.15, 0.2) is 29.5 Å². The van der Waals surface area contributed by atoms with Crippen molar-refractivity contribution in [3.63, 3.8) is 0 Å². The second-order valence-electron chi connectivity index (χ2n) is 34.5. The molecule has 0 amide bonds. The SMILES string of the molecule is CCc1nc2cccc3c2n1-c1cc(-c2ccc(-c4ccc5ccc6cccnc6c5n4)cc2)ccc1P3(=O)c1ccccc1.CCc1nc2cccc3c2n1-c1cc(-c2ccc(-c4nc5ccccc5s4)cc2)ccc1P3(=O)c1ccccc1.CCc1nc2cccc3c2n1-c1cc(-c2ccc([Si](c4ccccc4)(c4ccccc4)c4ccccc4)cc2)ccc1P3(=O)c1ccccc1. The molecule has 23 aromatic rings. The fraction of sp³-hybridized carbons (Fsp3) is 0.0508. The Morgan fingerprint density at radius 3 is 1.00 bits per heavy atom. The Hall–Kier alpha value is -15.2. The lowest BCUT2D eigenvalue weighted by Gasteiger charge is -2.34. The molecular weight excluding hydrogens is 1740 g/mol.